The van der Waals surface area contributed by atoms with Gasteiger partial charge in [0, 0.05) is 45.0 Å². The summed E-state index contributed by atoms with van der Waals surface area (Å²) in [6.45, 7) is 6.11. The van der Waals surface area contributed by atoms with Crippen molar-refractivity contribution in [2.75, 3.05) is 32.7 Å². The van der Waals surface area contributed by atoms with E-state index in [4.69, 9.17) is 5.73 Å². The van der Waals surface area contributed by atoms with Crippen LogP contribution < -0.4 is 11.3 Å². The molecule has 2 atom stereocenters. The Morgan fingerprint density at radius 1 is 1.06 bits per heavy atom. The van der Waals surface area contributed by atoms with E-state index in [-0.39, 0.29) is 22.6 Å². The fourth-order valence-corrected chi connectivity index (χ4v) is 5.03. The van der Waals surface area contributed by atoms with Crippen LogP contribution in [0, 0.1) is 18.8 Å². The number of carbonyl (C=O) groups is 2. The lowest BCUT2D eigenvalue weighted by Gasteiger charge is -2.23. The predicted octanol–water partition coefficient (Wildman–Crippen LogP) is 1.43. The molecule has 3 heterocycles. The number of carbonyl (C=O) groups excluding carboxylic acids is 2. The highest BCUT2D eigenvalue weighted by Crippen LogP contribution is 2.32. The van der Waals surface area contributed by atoms with Crippen LogP contribution in [0.5, 0.6) is 0 Å². The molecule has 2 fully saturated rings. The number of aromatic nitrogens is 1. The summed E-state index contributed by atoms with van der Waals surface area (Å²) in [5.74, 6) is -0.0452. The number of likely N-dealkylation sites (tertiary alicyclic amines) is 2. The van der Waals surface area contributed by atoms with Crippen LogP contribution in [0.15, 0.2) is 41.2 Å². The van der Waals surface area contributed by atoms with E-state index >= 15 is 0 Å². The molecule has 31 heavy (non-hydrogen) atoms. The van der Waals surface area contributed by atoms with Crippen molar-refractivity contribution < 1.29 is 9.59 Å². The van der Waals surface area contributed by atoms with Gasteiger partial charge in [0.15, 0.2) is 0 Å². The number of hydrogen-bond acceptors (Lipinski definition) is 4. The van der Waals surface area contributed by atoms with E-state index in [1.165, 1.54) is 16.2 Å². The molecule has 4 rings (SSSR count). The average Bonchev–Trinajstić information content (AvgIpc) is 3.31. The smallest absolute Gasteiger partial charge is 0.256 e. The first-order chi connectivity index (χ1) is 14.8. The molecule has 7 heteroatoms. The molecule has 2 amide bonds. The third kappa shape index (κ3) is 4.28. The first-order valence-corrected chi connectivity index (χ1v) is 10.9. The van der Waals surface area contributed by atoms with Crippen LogP contribution in [0.25, 0.3) is 0 Å². The molecule has 0 aliphatic carbocycles. The Kier molecular flexibility index (Phi) is 5.96. The maximum absolute atomic E-state index is 13.3. The van der Waals surface area contributed by atoms with Gasteiger partial charge in [-0.05, 0) is 43.7 Å². The zero-order valence-corrected chi connectivity index (χ0v) is 18.2. The summed E-state index contributed by atoms with van der Waals surface area (Å²) in [5, 5.41) is 0. The Labute approximate surface area is 182 Å². The van der Waals surface area contributed by atoms with Gasteiger partial charge < -0.3 is 20.1 Å². The minimum Gasteiger partial charge on any atom is -0.366 e. The molecule has 2 saturated heterocycles. The number of nitrogens with two attached hydrogens (primary N) is 1. The average molecular weight is 423 g/mol. The molecule has 164 valence electrons. The molecular weight excluding hydrogens is 392 g/mol. The normalized spacial score (nSPS) is 20.8. The van der Waals surface area contributed by atoms with Crippen molar-refractivity contribution in [1.82, 2.24) is 14.4 Å². The monoisotopic (exact) mass is 422 g/mol. The van der Waals surface area contributed by atoms with Crippen LogP contribution in [-0.4, -0.2) is 58.9 Å². The van der Waals surface area contributed by atoms with Crippen LogP contribution in [-0.2, 0) is 13.5 Å². The van der Waals surface area contributed by atoms with Crippen LogP contribution in [0.2, 0.25) is 0 Å². The van der Waals surface area contributed by atoms with E-state index in [1.54, 1.807) is 14.0 Å². The van der Waals surface area contributed by atoms with E-state index in [0.717, 1.165) is 32.5 Å². The van der Waals surface area contributed by atoms with Crippen molar-refractivity contribution in [3.63, 3.8) is 0 Å². The Balaban J connectivity index is 1.38. The summed E-state index contributed by atoms with van der Waals surface area (Å²) < 4.78 is 1.39. The van der Waals surface area contributed by atoms with Crippen molar-refractivity contribution in [3.8, 4) is 0 Å². The maximum atomic E-state index is 13.3. The molecule has 2 aliphatic rings. The quantitative estimate of drug-likeness (QED) is 0.763. The van der Waals surface area contributed by atoms with Gasteiger partial charge in [0.1, 0.15) is 0 Å². The van der Waals surface area contributed by atoms with Gasteiger partial charge in [-0.15, -0.1) is 0 Å². The molecule has 0 bridgehead atoms. The number of primary amides is 1. The number of amides is 2. The Morgan fingerprint density at radius 2 is 1.71 bits per heavy atom. The molecule has 0 saturated carbocycles. The summed E-state index contributed by atoms with van der Waals surface area (Å²) in [7, 11) is 1.60. The second-order valence-electron chi connectivity index (χ2n) is 8.86. The number of benzene rings is 1. The molecule has 0 radical (unpaired) electrons. The van der Waals surface area contributed by atoms with Gasteiger partial charge in [0.25, 0.3) is 11.5 Å². The number of rotatable bonds is 6. The largest absolute Gasteiger partial charge is 0.366 e. The van der Waals surface area contributed by atoms with Crippen LogP contribution in [0.1, 0.15) is 38.4 Å². The van der Waals surface area contributed by atoms with Crippen molar-refractivity contribution >= 4 is 11.8 Å². The summed E-state index contributed by atoms with van der Waals surface area (Å²) in [4.78, 5) is 41.6. The summed E-state index contributed by atoms with van der Waals surface area (Å²) in [6, 6.07) is 11.7. The zero-order valence-electron chi connectivity index (χ0n) is 18.2. The Bertz CT molecular complexity index is 1030. The summed E-state index contributed by atoms with van der Waals surface area (Å²) in [6.07, 6.45) is 2.21. The molecule has 1 aromatic heterocycles. The minimum atomic E-state index is -0.742. The first kappa shape index (κ1) is 21.3. The molecule has 2 N–H and O–H groups in total. The maximum Gasteiger partial charge on any atom is 0.256 e. The van der Waals surface area contributed by atoms with Crippen LogP contribution >= 0.6 is 0 Å². The molecule has 7 nitrogen and oxygen atoms in total. The van der Waals surface area contributed by atoms with Gasteiger partial charge in [0.2, 0.25) is 5.91 Å². The standard InChI is InChI=1S/C24H30N4O3/c1-16-22(20(23(25)30)11-21(29)26(16)2)24(31)28-14-18-12-27(13-19(18)15-28)10-6-9-17-7-4-3-5-8-17/h3-5,7-8,11,18-19H,6,9-10,12-15H2,1-2H3,(H2,25,30)/t18-,19?/m0/s1. The van der Waals surface area contributed by atoms with Crippen LogP contribution in [0.3, 0.4) is 0 Å². The number of nitrogens with zero attached hydrogens (tertiary/aromatic N) is 3. The highest BCUT2D eigenvalue weighted by atomic mass is 16.2. The number of aryl methyl sites for hydroxylation is 1. The fraction of sp³-hybridized carbons (Fsp3) is 0.458. The van der Waals surface area contributed by atoms with Crippen molar-refractivity contribution in [2.45, 2.75) is 19.8 Å². The fourth-order valence-electron chi connectivity index (χ4n) is 5.03. The highest BCUT2D eigenvalue weighted by Gasteiger charge is 2.42. The van der Waals surface area contributed by atoms with E-state index < -0.39 is 5.91 Å². The third-order valence-electron chi connectivity index (χ3n) is 6.84. The minimum absolute atomic E-state index is 0.0187. The van der Waals surface area contributed by atoms with Crippen molar-refractivity contribution in [2.24, 2.45) is 24.6 Å². The van der Waals surface area contributed by atoms with E-state index in [2.05, 4.69) is 29.2 Å². The van der Waals surface area contributed by atoms with E-state index in [1.807, 2.05) is 11.0 Å². The Hall–Kier alpha value is -2.93. The van der Waals surface area contributed by atoms with Crippen LogP contribution in [0.4, 0.5) is 0 Å². The molecular formula is C24H30N4O3. The lowest BCUT2D eigenvalue weighted by Crippen LogP contribution is -2.37. The second kappa shape index (κ2) is 8.67. The predicted molar refractivity (Wildman–Crippen MR) is 119 cm³/mol. The van der Waals surface area contributed by atoms with Gasteiger partial charge >= 0.3 is 0 Å². The summed E-state index contributed by atoms with van der Waals surface area (Å²) in [5.41, 5.74) is 7.26. The Morgan fingerprint density at radius 3 is 2.32 bits per heavy atom. The number of pyridine rings is 1. The van der Waals surface area contributed by atoms with E-state index in [9.17, 15) is 14.4 Å². The summed E-state index contributed by atoms with van der Waals surface area (Å²) >= 11 is 0. The molecule has 2 aliphatic heterocycles. The lowest BCUT2D eigenvalue weighted by atomic mass is 10.0. The molecule has 0 spiro atoms. The van der Waals surface area contributed by atoms with Gasteiger partial charge in [-0.1, -0.05) is 30.3 Å². The van der Waals surface area contributed by atoms with Crippen molar-refractivity contribution in [3.05, 3.63) is 69.1 Å². The number of hydrogen-bond donors (Lipinski definition) is 1. The third-order valence-corrected chi connectivity index (χ3v) is 6.84. The van der Waals surface area contributed by atoms with Gasteiger partial charge in [-0.3, -0.25) is 14.4 Å². The lowest BCUT2D eigenvalue weighted by molar-refractivity contribution is 0.0766. The molecule has 2 aromatic rings. The van der Waals surface area contributed by atoms with Gasteiger partial charge in [-0.25, -0.2) is 0 Å². The topological polar surface area (TPSA) is 88.6 Å². The highest BCUT2D eigenvalue weighted by molar-refractivity contribution is 6.07. The second-order valence-corrected chi connectivity index (χ2v) is 8.86. The number of fused-ring (bicyclic) bond motifs is 1. The van der Waals surface area contributed by atoms with Gasteiger partial charge in [-0.2, -0.15) is 0 Å². The molecule has 1 aromatic carbocycles. The zero-order chi connectivity index (χ0) is 22.1. The van der Waals surface area contributed by atoms with Crippen molar-refractivity contribution in [1.29, 1.82) is 0 Å². The van der Waals surface area contributed by atoms with E-state index in [0.29, 0.717) is 30.6 Å². The first-order valence-electron chi connectivity index (χ1n) is 10.9. The molecule has 1 unspecified atom stereocenters. The SMILES string of the molecule is Cc1c(C(=O)N2CC3CN(CCCc4ccccc4)C[C@H]3C2)c(C(N)=O)cc(=O)n1C. The van der Waals surface area contributed by atoms with Gasteiger partial charge in [0.05, 0.1) is 11.1 Å².